The highest BCUT2D eigenvalue weighted by atomic mass is 35.5. The lowest BCUT2D eigenvalue weighted by molar-refractivity contribution is -0.121. The zero-order valence-corrected chi connectivity index (χ0v) is 16.2. The molecule has 1 aromatic heterocycles. The van der Waals surface area contributed by atoms with Gasteiger partial charge in [-0.05, 0) is 23.3 Å². The molecule has 1 heterocycles. The van der Waals surface area contributed by atoms with Gasteiger partial charge in [0.15, 0.2) is 0 Å². The number of aromatic nitrogens is 2. The first-order valence-corrected chi connectivity index (χ1v) is 9.62. The normalized spacial score (nSPS) is 11.9. The van der Waals surface area contributed by atoms with E-state index in [1.54, 1.807) is 6.20 Å². The molecule has 1 amide bonds. The Labute approximate surface area is 165 Å². The summed E-state index contributed by atoms with van der Waals surface area (Å²) in [5, 5.41) is 3.74. The van der Waals surface area contributed by atoms with Crippen molar-refractivity contribution in [2.24, 2.45) is 0 Å². The first kappa shape index (κ1) is 19.2. The molecule has 0 radical (unpaired) electrons. The molecule has 27 heavy (non-hydrogen) atoms. The van der Waals surface area contributed by atoms with E-state index in [4.69, 9.17) is 11.6 Å². The third-order valence-corrected chi connectivity index (χ3v) is 4.91. The minimum absolute atomic E-state index is 0.00270. The number of carbonyl (C=O) groups is 1. The largest absolute Gasteiger partial charge is 0.354 e. The number of hydrogen-bond acceptors (Lipinski definition) is 2. The van der Waals surface area contributed by atoms with Crippen molar-refractivity contribution in [3.63, 3.8) is 0 Å². The van der Waals surface area contributed by atoms with E-state index in [9.17, 15) is 4.79 Å². The van der Waals surface area contributed by atoms with Gasteiger partial charge in [-0.15, -0.1) is 0 Å². The Morgan fingerprint density at radius 2 is 1.81 bits per heavy atom. The summed E-state index contributed by atoms with van der Waals surface area (Å²) in [5.41, 5.74) is 2.21. The van der Waals surface area contributed by atoms with Crippen LogP contribution in [0.3, 0.4) is 0 Å². The molecule has 2 aromatic carbocycles. The number of halogens is 1. The Hall–Kier alpha value is -2.59. The van der Waals surface area contributed by atoms with E-state index in [-0.39, 0.29) is 11.8 Å². The van der Waals surface area contributed by atoms with E-state index in [0.29, 0.717) is 18.0 Å². The number of amides is 1. The number of carbonyl (C=O) groups excluding carboxylic acids is 1. The van der Waals surface area contributed by atoms with Gasteiger partial charge in [0.2, 0.25) is 5.91 Å². The Balaban J connectivity index is 1.65. The molecule has 0 unspecified atom stereocenters. The molecular weight excluding hydrogens is 358 g/mol. The zero-order chi connectivity index (χ0) is 19.1. The molecule has 1 atom stereocenters. The number of hydrogen-bond donors (Lipinski definition) is 1. The fourth-order valence-electron chi connectivity index (χ4n) is 3.24. The standard InChI is InChI=1S/C22H24ClN3O/c1-2-21-24-12-14-26(21)15-13-25-22(27)16-20(17-6-4-3-5-7-17)18-8-10-19(23)11-9-18/h3-12,14,20H,2,13,15-16H2,1H3,(H,25,27)/t20-/m0/s1. The van der Waals surface area contributed by atoms with E-state index in [1.807, 2.05) is 48.7 Å². The molecule has 0 spiro atoms. The van der Waals surface area contributed by atoms with Gasteiger partial charge in [0.25, 0.3) is 0 Å². The second kappa shape index (κ2) is 9.38. The number of rotatable bonds is 8. The van der Waals surface area contributed by atoms with Crippen LogP contribution < -0.4 is 5.32 Å². The molecule has 4 nitrogen and oxygen atoms in total. The van der Waals surface area contributed by atoms with Crippen LogP contribution >= 0.6 is 11.6 Å². The van der Waals surface area contributed by atoms with Crippen LogP contribution in [0.5, 0.6) is 0 Å². The van der Waals surface area contributed by atoms with Crippen molar-refractivity contribution in [3.05, 3.63) is 89.0 Å². The summed E-state index contributed by atoms with van der Waals surface area (Å²) in [6, 6.07) is 17.8. The zero-order valence-electron chi connectivity index (χ0n) is 15.4. The van der Waals surface area contributed by atoms with Gasteiger partial charge >= 0.3 is 0 Å². The van der Waals surface area contributed by atoms with E-state index in [2.05, 4.69) is 33.9 Å². The van der Waals surface area contributed by atoms with Gasteiger partial charge in [0.05, 0.1) is 0 Å². The van der Waals surface area contributed by atoms with Gasteiger partial charge in [-0.1, -0.05) is 61.0 Å². The highest BCUT2D eigenvalue weighted by Crippen LogP contribution is 2.28. The number of nitrogens with zero attached hydrogens (tertiary/aromatic N) is 2. The second-order valence-electron chi connectivity index (χ2n) is 6.46. The monoisotopic (exact) mass is 381 g/mol. The van der Waals surface area contributed by atoms with Crippen molar-refractivity contribution in [2.75, 3.05) is 6.54 Å². The van der Waals surface area contributed by atoms with E-state index < -0.39 is 0 Å². The molecule has 140 valence electrons. The third kappa shape index (κ3) is 5.20. The summed E-state index contributed by atoms with van der Waals surface area (Å²) in [7, 11) is 0. The maximum absolute atomic E-state index is 12.6. The number of imidazole rings is 1. The molecule has 3 rings (SSSR count). The minimum atomic E-state index is 0.00270. The minimum Gasteiger partial charge on any atom is -0.354 e. The second-order valence-corrected chi connectivity index (χ2v) is 6.90. The highest BCUT2D eigenvalue weighted by Gasteiger charge is 2.18. The highest BCUT2D eigenvalue weighted by molar-refractivity contribution is 6.30. The van der Waals surface area contributed by atoms with E-state index >= 15 is 0 Å². The summed E-state index contributed by atoms with van der Waals surface area (Å²) < 4.78 is 2.08. The molecule has 0 aliphatic rings. The molecule has 3 aromatic rings. The topological polar surface area (TPSA) is 46.9 Å². The summed E-state index contributed by atoms with van der Waals surface area (Å²) in [6.45, 7) is 3.39. The molecule has 5 heteroatoms. The van der Waals surface area contributed by atoms with E-state index in [0.717, 1.165) is 29.9 Å². The first-order chi connectivity index (χ1) is 13.2. The fourth-order valence-corrected chi connectivity index (χ4v) is 3.37. The van der Waals surface area contributed by atoms with Crippen LogP contribution in [0.1, 0.15) is 36.2 Å². The van der Waals surface area contributed by atoms with Crippen molar-refractivity contribution in [1.82, 2.24) is 14.9 Å². The lowest BCUT2D eigenvalue weighted by Gasteiger charge is -2.18. The van der Waals surface area contributed by atoms with Crippen LogP contribution in [0.25, 0.3) is 0 Å². The molecule has 0 aliphatic carbocycles. The molecule has 0 aliphatic heterocycles. The van der Waals surface area contributed by atoms with Gasteiger partial charge in [-0.3, -0.25) is 4.79 Å². The Bertz CT molecular complexity index is 859. The summed E-state index contributed by atoms with van der Waals surface area (Å²) in [6.07, 6.45) is 5.03. The maximum Gasteiger partial charge on any atom is 0.221 e. The SMILES string of the molecule is CCc1nccn1CCNC(=O)C[C@@H](c1ccccc1)c1ccc(Cl)cc1. The van der Waals surface area contributed by atoms with E-state index in [1.165, 1.54) is 0 Å². The fraction of sp³-hybridized carbons (Fsp3) is 0.273. The van der Waals surface area contributed by atoms with Crippen LogP contribution in [-0.4, -0.2) is 22.0 Å². The molecular formula is C22H24ClN3O. The smallest absolute Gasteiger partial charge is 0.221 e. The lowest BCUT2D eigenvalue weighted by Crippen LogP contribution is -2.29. The van der Waals surface area contributed by atoms with Gasteiger partial charge in [-0.25, -0.2) is 4.98 Å². The lowest BCUT2D eigenvalue weighted by atomic mass is 9.88. The number of benzene rings is 2. The number of nitrogens with one attached hydrogen (secondary N) is 1. The van der Waals surface area contributed by atoms with Crippen LogP contribution in [0.15, 0.2) is 67.0 Å². The molecule has 0 saturated carbocycles. The summed E-state index contributed by atoms with van der Waals surface area (Å²) in [4.78, 5) is 16.9. The van der Waals surface area contributed by atoms with Crippen molar-refractivity contribution in [3.8, 4) is 0 Å². The molecule has 1 N–H and O–H groups in total. The predicted molar refractivity (Wildman–Crippen MR) is 109 cm³/mol. The first-order valence-electron chi connectivity index (χ1n) is 9.24. The molecule has 0 fully saturated rings. The Kier molecular flexibility index (Phi) is 6.66. The summed E-state index contributed by atoms with van der Waals surface area (Å²) in [5.74, 6) is 1.08. The quantitative estimate of drug-likeness (QED) is 0.627. The van der Waals surface area contributed by atoms with Gasteiger partial charge in [0, 0.05) is 49.3 Å². The van der Waals surface area contributed by atoms with Gasteiger partial charge in [-0.2, -0.15) is 0 Å². The van der Waals surface area contributed by atoms with Crippen molar-refractivity contribution in [1.29, 1.82) is 0 Å². The van der Waals surface area contributed by atoms with Crippen molar-refractivity contribution < 1.29 is 4.79 Å². The maximum atomic E-state index is 12.6. The van der Waals surface area contributed by atoms with Crippen molar-refractivity contribution >= 4 is 17.5 Å². The van der Waals surface area contributed by atoms with Gasteiger partial charge < -0.3 is 9.88 Å². The Morgan fingerprint density at radius 1 is 1.11 bits per heavy atom. The summed E-state index contributed by atoms with van der Waals surface area (Å²) >= 11 is 6.02. The van der Waals surface area contributed by atoms with Crippen molar-refractivity contribution in [2.45, 2.75) is 32.2 Å². The van der Waals surface area contributed by atoms with Crippen LogP contribution in [0, 0.1) is 0 Å². The molecule has 0 bridgehead atoms. The average molecular weight is 382 g/mol. The van der Waals surface area contributed by atoms with Gasteiger partial charge in [0.1, 0.15) is 5.82 Å². The van der Waals surface area contributed by atoms with Crippen LogP contribution in [0.2, 0.25) is 5.02 Å². The molecule has 0 saturated heterocycles. The third-order valence-electron chi connectivity index (χ3n) is 4.66. The Morgan fingerprint density at radius 3 is 2.52 bits per heavy atom. The number of aryl methyl sites for hydroxylation is 1. The average Bonchev–Trinajstić information content (AvgIpc) is 3.15. The predicted octanol–water partition coefficient (Wildman–Crippen LogP) is 4.44. The van der Waals surface area contributed by atoms with Crippen LogP contribution in [0.4, 0.5) is 0 Å². The van der Waals surface area contributed by atoms with Crippen LogP contribution in [-0.2, 0) is 17.8 Å².